The number of methoxy groups -OCH3 is 1. The molecule has 2 rings (SSSR count). The van der Waals surface area contributed by atoms with E-state index >= 15 is 0 Å². The third-order valence-electron chi connectivity index (χ3n) is 5.01. The lowest BCUT2D eigenvalue weighted by atomic mass is 9.95. The van der Waals surface area contributed by atoms with Gasteiger partial charge in [-0.3, -0.25) is 0 Å². The van der Waals surface area contributed by atoms with Gasteiger partial charge in [0.05, 0.1) is 0 Å². The number of hydrogen-bond donors (Lipinski definition) is 0. The first-order valence-electron chi connectivity index (χ1n) is 9.82. The lowest BCUT2D eigenvalue weighted by molar-refractivity contribution is -0.164. The van der Waals surface area contributed by atoms with Gasteiger partial charge in [-0.25, -0.2) is 4.79 Å². The first-order chi connectivity index (χ1) is 12.6. The third kappa shape index (κ3) is 5.31. The number of benzene rings is 2. The standard InChI is InChI=1S/C23H32O3/c1-5-7-13-21(17(3)10-6-2)26-23(24)22(25-4)20-15-14-18-11-8-9-12-19(18)16-20/h8-9,11-12,14-17,21-22H,5-7,10,13H2,1-4H3/t17-,21+,22?/m0/s1. The number of hydrogen-bond acceptors (Lipinski definition) is 3. The molecule has 0 radical (unpaired) electrons. The van der Waals surface area contributed by atoms with E-state index in [0.717, 1.165) is 48.4 Å². The topological polar surface area (TPSA) is 35.5 Å². The Labute approximate surface area is 157 Å². The Balaban J connectivity index is 2.16. The van der Waals surface area contributed by atoms with Crippen LogP contribution in [0.3, 0.4) is 0 Å². The van der Waals surface area contributed by atoms with Crippen LogP contribution in [0.25, 0.3) is 10.8 Å². The van der Waals surface area contributed by atoms with E-state index in [2.05, 4.69) is 26.8 Å². The smallest absolute Gasteiger partial charge is 0.340 e. The molecule has 0 fully saturated rings. The van der Waals surface area contributed by atoms with Gasteiger partial charge in [0, 0.05) is 7.11 Å². The van der Waals surface area contributed by atoms with E-state index in [-0.39, 0.29) is 12.1 Å². The van der Waals surface area contributed by atoms with Crippen LogP contribution in [0.1, 0.15) is 64.5 Å². The average molecular weight is 357 g/mol. The fourth-order valence-corrected chi connectivity index (χ4v) is 3.46. The second-order valence-electron chi connectivity index (χ2n) is 7.11. The van der Waals surface area contributed by atoms with Crippen LogP contribution in [-0.2, 0) is 14.3 Å². The second-order valence-corrected chi connectivity index (χ2v) is 7.11. The van der Waals surface area contributed by atoms with E-state index in [4.69, 9.17) is 9.47 Å². The van der Waals surface area contributed by atoms with Crippen molar-refractivity contribution in [1.82, 2.24) is 0 Å². The summed E-state index contributed by atoms with van der Waals surface area (Å²) in [5.74, 6) is 0.0800. The zero-order valence-electron chi connectivity index (χ0n) is 16.5. The summed E-state index contributed by atoms with van der Waals surface area (Å²) >= 11 is 0. The van der Waals surface area contributed by atoms with Crippen molar-refractivity contribution in [1.29, 1.82) is 0 Å². The predicted octanol–water partition coefficient (Wildman–Crippen LogP) is 6.07. The molecule has 0 bridgehead atoms. The summed E-state index contributed by atoms with van der Waals surface area (Å²) < 4.78 is 11.4. The number of ether oxygens (including phenoxy) is 2. The van der Waals surface area contributed by atoms with Gasteiger partial charge in [0.25, 0.3) is 0 Å². The Hall–Kier alpha value is -1.87. The molecule has 0 amide bonds. The highest BCUT2D eigenvalue weighted by molar-refractivity contribution is 5.85. The molecule has 0 spiro atoms. The lowest BCUT2D eigenvalue weighted by Gasteiger charge is -2.26. The lowest BCUT2D eigenvalue weighted by Crippen LogP contribution is -2.29. The van der Waals surface area contributed by atoms with Gasteiger partial charge in [-0.1, -0.05) is 76.4 Å². The number of carbonyl (C=O) groups excluding carboxylic acids is 1. The first kappa shape index (κ1) is 20.4. The maximum atomic E-state index is 12.8. The van der Waals surface area contributed by atoms with Crippen molar-refractivity contribution in [3.63, 3.8) is 0 Å². The third-order valence-corrected chi connectivity index (χ3v) is 5.01. The molecule has 0 aromatic heterocycles. The SMILES string of the molecule is CCCC[C@@H](OC(=O)C(OC)c1ccc2ccccc2c1)[C@@H](C)CCC. The highest BCUT2D eigenvalue weighted by Crippen LogP contribution is 2.26. The van der Waals surface area contributed by atoms with Crippen LogP contribution in [-0.4, -0.2) is 19.2 Å². The Kier molecular flexibility index (Phi) is 8.11. The summed E-state index contributed by atoms with van der Waals surface area (Å²) in [4.78, 5) is 12.8. The molecule has 26 heavy (non-hydrogen) atoms. The molecule has 2 aromatic rings. The monoisotopic (exact) mass is 356 g/mol. The molecule has 0 saturated carbocycles. The van der Waals surface area contributed by atoms with Crippen LogP contribution in [0, 0.1) is 5.92 Å². The normalized spacial score (nSPS) is 14.8. The van der Waals surface area contributed by atoms with Gasteiger partial charge < -0.3 is 9.47 Å². The van der Waals surface area contributed by atoms with Gasteiger partial charge in [0.2, 0.25) is 0 Å². The van der Waals surface area contributed by atoms with Crippen molar-refractivity contribution in [2.24, 2.45) is 5.92 Å². The van der Waals surface area contributed by atoms with E-state index in [1.54, 1.807) is 7.11 Å². The average Bonchev–Trinajstić information content (AvgIpc) is 2.65. The predicted molar refractivity (Wildman–Crippen MR) is 107 cm³/mol. The summed E-state index contributed by atoms with van der Waals surface area (Å²) in [6.07, 6.45) is 4.52. The molecule has 1 unspecified atom stereocenters. The van der Waals surface area contributed by atoms with Gasteiger partial charge >= 0.3 is 5.97 Å². The van der Waals surface area contributed by atoms with Crippen LogP contribution >= 0.6 is 0 Å². The molecule has 3 atom stereocenters. The van der Waals surface area contributed by atoms with E-state index in [9.17, 15) is 4.79 Å². The maximum absolute atomic E-state index is 12.8. The number of carbonyl (C=O) groups is 1. The molecule has 0 N–H and O–H groups in total. The van der Waals surface area contributed by atoms with Gasteiger partial charge in [0.15, 0.2) is 6.10 Å². The van der Waals surface area contributed by atoms with Gasteiger partial charge in [-0.2, -0.15) is 0 Å². The Morgan fingerprint density at radius 1 is 1.00 bits per heavy atom. The van der Waals surface area contributed by atoms with Crippen LogP contribution < -0.4 is 0 Å². The Morgan fingerprint density at radius 2 is 1.73 bits per heavy atom. The fourth-order valence-electron chi connectivity index (χ4n) is 3.46. The van der Waals surface area contributed by atoms with E-state index in [1.165, 1.54) is 0 Å². The molecule has 0 heterocycles. The minimum atomic E-state index is -0.683. The fraction of sp³-hybridized carbons (Fsp3) is 0.522. The summed E-state index contributed by atoms with van der Waals surface area (Å²) in [5.41, 5.74) is 0.841. The van der Waals surface area contributed by atoms with Gasteiger partial charge in [0.1, 0.15) is 6.10 Å². The van der Waals surface area contributed by atoms with Crippen molar-refractivity contribution in [3.8, 4) is 0 Å². The Bertz CT molecular complexity index is 695. The second kappa shape index (κ2) is 10.3. The van der Waals surface area contributed by atoms with Gasteiger partial charge in [-0.15, -0.1) is 0 Å². The Morgan fingerprint density at radius 3 is 2.38 bits per heavy atom. The first-order valence-corrected chi connectivity index (χ1v) is 9.82. The largest absolute Gasteiger partial charge is 0.460 e. The van der Waals surface area contributed by atoms with Crippen molar-refractivity contribution in [2.45, 2.75) is 65.1 Å². The summed E-state index contributed by atoms with van der Waals surface area (Å²) in [6, 6.07) is 14.1. The minimum absolute atomic E-state index is 0.0412. The van der Waals surface area contributed by atoms with Crippen molar-refractivity contribution < 1.29 is 14.3 Å². The van der Waals surface area contributed by atoms with E-state index in [0.29, 0.717) is 5.92 Å². The molecule has 3 heteroatoms. The molecule has 0 aliphatic heterocycles. The highest BCUT2D eigenvalue weighted by atomic mass is 16.6. The molecular weight excluding hydrogens is 324 g/mol. The number of unbranched alkanes of at least 4 members (excludes halogenated alkanes) is 1. The summed E-state index contributed by atoms with van der Waals surface area (Å²) in [5, 5.41) is 2.25. The number of fused-ring (bicyclic) bond motifs is 1. The summed E-state index contributed by atoms with van der Waals surface area (Å²) in [7, 11) is 1.57. The molecule has 0 aliphatic carbocycles. The van der Waals surface area contributed by atoms with E-state index < -0.39 is 6.10 Å². The minimum Gasteiger partial charge on any atom is -0.460 e. The van der Waals surface area contributed by atoms with Crippen molar-refractivity contribution in [3.05, 3.63) is 48.0 Å². The molecule has 142 valence electrons. The van der Waals surface area contributed by atoms with Gasteiger partial charge in [-0.05, 0) is 41.2 Å². The molecule has 0 saturated heterocycles. The molecular formula is C23H32O3. The molecule has 0 aliphatic rings. The van der Waals surface area contributed by atoms with Crippen molar-refractivity contribution >= 4 is 16.7 Å². The highest BCUT2D eigenvalue weighted by Gasteiger charge is 2.27. The zero-order valence-corrected chi connectivity index (χ0v) is 16.5. The van der Waals surface area contributed by atoms with Crippen LogP contribution in [0.2, 0.25) is 0 Å². The van der Waals surface area contributed by atoms with Crippen LogP contribution in [0.4, 0.5) is 0 Å². The van der Waals surface area contributed by atoms with Crippen LogP contribution in [0.15, 0.2) is 42.5 Å². The molecule has 2 aromatic carbocycles. The van der Waals surface area contributed by atoms with E-state index in [1.807, 2.05) is 36.4 Å². The van der Waals surface area contributed by atoms with Crippen LogP contribution in [0.5, 0.6) is 0 Å². The quantitative estimate of drug-likeness (QED) is 0.485. The number of rotatable bonds is 10. The maximum Gasteiger partial charge on any atom is 0.340 e. The summed E-state index contributed by atoms with van der Waals surface area (Å²) in [6.45, 7) is 6.51. The zero-order chi connectivity index (χ0) is 18.9. The van der Waals surface area contributed by atoms with Crippen molar-refractivity contribution in [2.75, 3.05) is 7.11 Å². The number of esters is 1. The molecule has 3 nitrogen and oxygen atoms in total.